The topological polar surface area (TPSA) is 53.0 Å². The van der Waals surface area contributed by atoms with Crippen molar-refractivity contribution < 1.29 is 27.8 Å². The van der Waals surface area contributed by atoms with E-state index in [1.807, 2.05) is 0 Å². The zero-order valence-corrected chi connectivity index (χ0v) is 14.8. The number of carbonyl (C=O) groups is 1. The van der Waals surface area contributed by atoms with E-state index in [1.54, 1.807) is 30.3 Å². The number of esters is 1. The van der Waals surface area contributed by atoms with Crippen molar-refractivity contribution in [1.29, 1.82) is 0 Å². The van der Waals surface area contributed by atoms with E-state index in [4.69, 9.17) is 17.0 Å². The van der Waals surface area contributed by atoms with Crippen molar-refractivity contribution in [3.05, 3.63) is 35.9 Å². The molecule has 1 fully saturated rings. The lowest BCUT2D eigenvalue weighted by atomic mass is 9.80. The highest BCUT2D eigenvalue weighted by Gasteiger charge is 2.70. The summed E-state index contributed by atoms with van der Waals surface area (Å²) in [6.07, 6.45) is -5.13. The van der Waals surface area contributed by atoms with Crippen molar-refractivity contribution in [2.75, 3.05) is 20.7 Å². The summed E-state index contributed by atoms with van der Waals surface area (Å²) in [4.78, 5) is 14.3. The highest BCUT2D eigenvalue weighted by atomic mass is 32.1. The van der Waals surface area contributed by atoms with Crippen LogP contribution in [0.5, 0.6) is 0 Å². The van der Waals surface area contributed by atoms with Crippen LogP contribution in [0, 0.1) is 5.92 Å². The molecule has 1 N–H and O–H groups in total. The van der Waals surface area contributed by atoms with Crippen molar-refractivity contribution in [3.63, 3.8) is 0 Å². The maximum atomic E-state index is 13.8. The number of nitrogens with zero attached hydrogens (tertiary/aromatic N) is 2. The van der Waals surface area contributed by atoms with Gasteiger partial charge in [-0.3, -0.25) is 4.79 Å². The first-order valence-electron chi connectivity index (χ1n) is 7.58. The predicted octanol–water partition coefficient (Wildman–Crippen LogP) is 2.32. The Kier molecular flexibility index (Phi) is 5.29. The van der Waals surface area contributed by atoms with Crippen molar-refractivity contribution in [1.82, 2.24) is 9.80 Å². The lowest BCUT2D eigenvalue weighted by Gasteiger charge is -2.54. The molecule has 1 heterocycles. The number of ether oxygens (including phenoxy) is 1. The molecule has 0 radical (unpaired) electrons. The van der Waals surface area contributed by atoms with Crippen LogP contribution >= 0.6 is 12.2 Å². The Morgan fingerprint density at radius 2 is 1.88 bits per heavy atom. The van der Waals surface area contributed by atoms with Gasteiger partial charge in [-0.1, -0.05) is 30.3 Å². The number of thiocarbonyl (C=S) groups is 1. The molecule has 3 unspecified atom stereocenters. The molecule has 138 valence electrons. The number of hydrogen-bond donors (Lipinski definition) is 1. The molecule has 1 aliphatic heterocycles. The molecule has 0 spiro atoms. The maximum Gasteiger partial charge on any atom is 0.437 e. The van der Waals surface area contributed by atoms with Crippen molar-refractivity contribution in [3.8, 4) is 0 Å². The number of benzene rings is 1. The third kappa shape index (κ3) is 3.06. The molecule has 0 amide bonds. The van der Waals surface area contributed by atoms with Gasteiger partial charge in [0.05, 0.1) is 12.6 Å². The van der Waals surface area contributed by atoms with E-state index in [1.165, 1.54) is 18.9 Å². The van der Waals surface area contributed by atoms with Crippen molar-refractivity contribution in [2.24, 2.45) is 5.92 Å². The molecule has 25 heavy (non-hydrogen) atoms. The second-order valence-electron chi connectivity index (χ2n) is 5.76. The third-order valence-corrected chi connectivity index (χ3v) is 4.93. The lowest BCUT2D eigenvalue weighted by molar-refractivity contribution is -0.330. The molecule has 0 aliphatic carbocycles. The summed E-state index contributed by atoms with van der Waals surface area (Å²) in [6.45, 7) is 1.38. The molecule has 0 bridgehead atoms. The first kappa shape index (κ1) is 19.5. The minimum Gasteiger partial charge on any atom is -0.466 e. The summed E-state index contributed by atoms with van der Waals surface area (Å²) in [5, 5.41) is 10.4. The van der Waals surface area contributed by atoms with Gasteiger partial charge in [0, 0.05) is 14.1 Å². The zero-order chi connectivity index (χ0) is 19.0. The van der Waals surface area contributed by atoms with Crippen LogP contribution in [0.4, 0.5) is 13.2 Å². The molecule has 9 heteroatoms. The van der Waals surface area contributed by atoms with Crippen molar-refractivity contribution in [2.45, 2.75) is 24.9 Å². The van der Waals surface area contributed by atoms with Crippen LogP contribution < -0.4 is 0 Å². The molecular formula is C16H19F3N2O3S. The number of halogens is 3. The fourth-order valence-corrected chi connectivity index (χ4v) is 3.36. The Bertz CT molecular complexity index is 656. The summed E-state index contributed by atoms with van der Waals surface area (Å²) >= 11 is 5.09. The Hall–Kier alpha value is -1.87. The Morgan fingerprint density at radius 1 is 1.32 bits per heavy atom. The van der Waals surface area contributed by atoms with E-state index < -0.39 is 29.8 Å². The van der Waals surface area contributed by atoms with Gasteiger partial charge >= 0.3 is 12.1 Å². The highest BCUT2D eigenvalue weighted by Crippen LogP contribution is 2.49. The standard InChI is InChI=1S/C16H19F3N2O3S/c1-4-24-13(22)11-12(10-8-6-5-7-9-10)20(2)14(25)21(3)15(11,23)16(17,18)19/h5-9,11-12,23H,4H2,1-3H3. The largest absolute Gasteiger partial charge is 0.466 e. The number of hydrogen-bond acceptors (Lipinski definition) is 4. The summed E-state index contributed by atoms with van der Waals surface area (Å²) < 4.78 is 46.4. The van der Waals surface area contributed by atoms with E-state index in [0.29, 0.717) is 10.5 Å². The summed E-state index contributed by atoms with van der Waals surface area (Å²) in [5.41, 5.74) is -3.07. The molecule has 1 aromatic rings. The Labute approximate surface area is 149 Å². The van der Waals surface area contributed by atoms with Crippen LogP contribution in [0.15, 0.2) is 30.3 Å². The Morgan fingerprint density at radius 3 is 2.36 bits per heavy atom. The minimum atomic E-state index is -5.13. The van der Waals surface area contributed by atoms with Gasteiger partial charge in [0.1, 0.15) is 5.92 Å². The molecule has 0 saturated carbocycles. The quantitative estimate of drug-likeness (QED) is 0.646. The normalized spacial score (nSPS) is 27.4. The molecular weight excluding hydrogens is 357 g/mol. The van der Waals surface area contributed by atoms with Crippen LogP contribution in [-0.2, 0) is 9.53 Å². The van der Waals surface area contributed by atoms with Crippen LogP contribution in [0.3, 0.4) is 0 Å². The number of alkyl halides is 3. The molecule has 0 aromatic heterocycles. The van der Waals surface area contributed by atoms with E-state index in [2.05, 4.69) is 0 Å². The van der Waals surface area contributed by atoms with Gasteiger partial charge in [-0.15, -0.1) is 0 Å². The molecule has 3 atom stereocenters. The van der Waals surface area contributed by atoms with Crippen LogP contribution in [-0.4, -0.2) is 58.6 Å². The average Bonchev–Trinajstić information content (AvgIpc) is 2.55. The van der Waals surface area contributed by atoms with Crippen LogP contribution in [0.25, 0.3) is 0 Å². The molecule has 5 nitrogen and oxygen atoms in total. The molecule has 1 aliphatic rings. The van der Waals surface area contributed by atoms with E-state index in [-0.39, 0.29) is 11.7 Å². The van der Waals surface area contributed by atoms with Gasteiger partial charge in [-0.25, -0.2) is 0 Å². The maximum absolute atomic E-state index is 13.8. The summed E-state index contributed by atoms with van der Waals surface area (Å²) in [5.74, 6) is -3.08. The smallest absolute Gasteiger partial charge is 0.437 e. The SMILES string of the molecule is CCOC(=O)C1C(c2ccccc2)N(C)C(=S)N(C)C1(O)C(F)(F)F. The Balaban J connectivity index is 2.70. The highest BCUT2D eigenvalue weighted by molar-refractivity contribution is 7.80. The van der Waals surface area contributed by atoms with Crippen LogP contribution in [0.2, 0.25) is 0 Å². The van der Waals surface area contributed by atoms with Crippen molar-refractivity contribution >= 4 is 23.3 Å². The monoisotopic (exact) mass is 376 g/mol. The summed E-state index contributed by atoms with van der Waals surface area (Å²) in [6, 6.07) is 7.01. The second-order valence-corrected chi connectivity index (χ2v) is 6.13. The van der Waals surface area contributed by atoms with Gasteiger partial charge in [-0.05, 0) is 24.7 Å². The van der Waals surface area contributed by atoms with Gasteiger partial charge in [0.2, 0.25) is 0 Å². The number of rotatable bonds is 3. The molecule has 2 rings (SSSR count). The lowest BCUT2D eigenvalue weighted by Crippen LogP contribution is -2.73. The van der Waals surface area contributed by atoms with Gasteiger partial charge in [0.15, 0.2) is 5.11 Å². The summed E-state index contributed by atoms with van der Waals surface area (Å²) in [7, 11) is 2.50. The fourth-order valence-electron chi connectivity index (χ4n) is 3.11. The van der Waals surface area contributed by atoms with Crippen LogP contribution in [0.1, 0.15) is 18.5 Å². The second kappa shape index (κ2) is 6.80. The van der Waals surface area contributed by atoms with Gasteiger partial charge < -0.3 is 19.6 Å². The molecule has 1 aromatic carbocycles. The van der Waals surface area contributed by atoms with E-state index >= 15 is 0 Å². The van der Waals surface area contributed by atoms with Gasteiger partial charge in [0.25, 0.3) is 5.72 Å². The van der Waals surface area contributed by atoms with Gasteiger partial charge in [-0.2, -0.15) is 13.2 Å². The third-order valence-electron chi connectivity index (χ3n) is 4.37. The first-order valence-corrected chi connectivity index (χ1v) is 7.99. The predicted molar refractivity (Wildman–Crippen MR) is 88.4 cm³/mol. The number of aliphatic hydroxyl groups is 1. The zero-order valence-electron chi connectivity index (χ0n) is 13.9. The minimum absolute atomic E-state index is 0.108. The number of carbonyl (C=O) groups excluding carboxylic acids is 1. The van der Waals surface area contributed by atoms with E-state index in [9.17, 15) is 23.1 Å². The molecule has 1 saturated heterocycles. The fraction of sp³-hybridized carbons (Fsp3) is 0.500. The van der Waals surface area contributed by atoms with E-state index in [0.717, 1.165) is 7.05 Å². The first-order chi connectivity index (χ1) is 11.6. The average molecular weight is 376 g/mol.